The van der Waals surface area contributed by atoms with Crippen LogP contribution < -0.4 is 5.32 Å². The van der Waals surface area contributed by atoms with Crippen LogP contribution in [0.2, 0.25) is 0 Å². The van der Waals surface area contributed by atoms with E-state index < -0.39 is 0 Å². The Bertz CT molecular complexity index is 335. The van der Waals surface area contributed by atoms with E-state index in [9.17, 15) is 0 Å². The molecule has 0 fully saturated rings. The molecule has 0 radical (unpaired) electrons. The van der Waals surface area contributed by atoms with Gasteiger partial charge < -0.3 is 5.32 Å². The SMILES string of the molecule is CC(C)(C)C#CCNCc1ccccc1. The standard InChI is InChI=1S/C14H19N/c1-14(2,3)10-7-11-15-12-13-8-5-4-6-9-13/h4-6,8-9,15H,11-12H2,1-3H3. The van der Waals surface area contributed by atoms with Gasteiger partial charge in [0, 0.05) is 12.0 Å². The lowest BCUT2D eigenvalue weighted by Gasteiger charge is -2.07. The van der Waals surface area contributed by atoms with Gasteiger partial charge in [-0.3, -0.25) is 0 Å². The highest BCUT2D eigenvalue weighted by Gasteiger charge is 2.02. The molecule has 0 amide bonds. The molecule has 1 aromatic rings. The predicted octanol–water partition coefficient (Wildman–Crippen LogP) is 2.83. The van der Waals surface area contributed by atoms with Crippen LogP contribution in [0.5, 0.6) is 0 Å². The molecule has 0 aliphatic rings. The summed E-state index contributed by atoms with van der Waals surface area (Å²) in [4.78, 5) is 0. The van der Waals surface area contributed by atoms with E-state index >= 15 is 0 Å². The Balaban J connectivity index is 2.25. The van der Waals surface area contributed by atoms with E-state index in [0.29, 0.717) is 0 Å². The van der Waals surface area contributed by atoms with Crippen molar-refractivity contribution in [2.75, 3.05) is 6.54 Å². The van der Waals surface area contributed by atoms with Crippen LogP contribution in [0.25, 0.3) is 0 Å². The molecule has 1 heteroatoms. The van der Waals surface area contributed by atoms with Crippen molar-refractivity contribution in [3.05, 3.63) is 35.9 Å². The third-order valence-electron chi connectivity index (χ3n) is 1.85. The number of rotatable bonds is 3. The molecule has 0 heterocycles. The van der Waals surface area contributed by atoms with Gasteiger partial charge in [0.1, 0.15) is 0 Å². The second kappa shape index (κ2) is 5.58. The molecule has 1 aromatic carbocycles. The van der Waals surface area contributed by atoms with Gasteiger partial charge in [-0.05, 0) is 26.3 Å². The quantitative estimate of drug-likeness (QED) is 0.585. The first-order valence-electron chi connectivity index (χ1n) is 5.32. The monoisotopic (exact) mass is 201 g/mol. The largest absolute Gasteiger partial charge is 0.302 e. The first kappa shape index (κ1) is 11.8. The minimum atomic E-state index is 0.106. The lowest BCUT2D eigenvalue weighted by Crippen LogP contribution is -2.13. The molecule has 0 unspecified atom stereocenters. The summed E-state index contributed by atoms with van der Waals surface area (Å²) in [5.74, 6) is 6.33. The molecule has 15 heavy (non-hydrogen) atoms. The lowest BCUT2D eigenvalue weighted by molar-refractivity contribution is 0.570. The highest BCUT2D eigenvalue weighted by Crippen LogP contribution is 2.09. The van der Waals surface area contributed by atoms with E-state index in [-0.39, 0.29) is 5.41 Å². The molecule has 1 rings (SSSR count). The van der Waals surface area contributed by atoms with Gasteiger partial charge >= 0.3 is 0 Å². The van der Waals surface area contributed by atoms with Gasteiger partial charge in [0.2, 0.25) is 0 Å². The first-order valence-corrected chi connectivity index (χ1v) is 5.32. The van der Waals surface area contributed by atoms with Gasteiger partial charge in [0.15, 0.2) is 0 Å². The minimum Gasteiger partial charge on any atom is -0.302 e. The molecular formula is C14H19N. The molecule has 0 saturated carbocycles. The number of hydrogen-bond acceptors (Lipinski definition) is 1. The fraction of sp³-hybridized carbons (Fsp3) is 0.429. The molecule has 80 valence electrons. The topological polar surface area (TPSA) is 12.0 Å². The maximum Gasteiger partial charge on any atom is 0.0579 e. The molecule has 0 aliphatic heterocycles. The fourth-order valence-electron chi connectivity index (χ4n) is 1.17. The van der Waals surface area contributed by atoms with Crippen LogP contribution in [0.4, 0.5) is 0 Å². The van der Waals surface area contributed by atoms with E-state index in [2.05, 4.69) is 62.2 Å². The van der Waals surface area contributed by atoms with Crippen molar-refractivity contribution in [2.24, 2.45) is 5.41 Å². The summed E-state index contributed by atoms with van der Waals surface area (Å²) in [6.07, 6.45) is 0. The summed E-state index contributed by atoms with van der Waals surface area (Å²) in [5, 5.41) is 3.30. The first-order chi connectivity index (χ1) is 7.08. The molecule has 0 saturated heterocycles. The highest BCUT2D eigenvalue weighted by atomic mass is 14.8. The van der Waals surface area contributed by atoms with Gasteiger partial charge in [-0.25, -0.2) is 0 Å². The second-order valence-corrected chi connectivity index (χ2v) is 4.64. The van der Waals surface area contributed by atoms with E-state index in [1.54, 1.807) is 0 Å². The average molecular weight is 201 g/mol. The molecule has 1 nitrogen and oxygen atoms in total. The Morgan fingerprint density at radius 1 is 1.13 bits per heavy atom. The van der Waals surface area contributed by atoms with E-state index in [4.69, 9.17) is 0 Å². The normalized spacial score (nSPS) is 10.6. The minimum absolute atomic E-state index is 0.106. The van der Waals surface area contributed by atoms with Crippen LogP contribution in [0.15, 0.2) is 30.3 Å². The Morgan fingerprint density at radius 3 is 2.40 bits per heavy atom. The number of benzene rings is 1. The third-order valence-corrected chi connectivity index (χ3v) is 1.85. The number of hydrogen-bond donors (Lipinski definition) is 1. The maximum atomic E-state index is 3.30. The zero-order chi connectivity index (χ0) is 11.1. The van der Waals surface area contributed by atoms with Gasteiger partial charge in [-0.2, -0.15) is 0 Å². The second-order valence-electron chi connectivity index (χ2n) is 4.64. The lowest BCUT2D eigenvalue weighted by atomic mass is 9.98. The molecule has 0 spiro atoms. The summed E-state index contributed by atoms with van der Waals surface area (Å²) in [7, 11) is 0. The summed E-state index contributed by atoms with van der Waals surface area (Å²) in [6.45, 7) is 8.01. The van der Waals surface area contributed by atoms with Crippen molar-refractivity contribution >= 4 is 0 Å². The fourth-order valence-corrected chi connectivity index (χ4v) is 1.17. The Labute approximate surface area is 92.9 Å². The molecule has 0 bridgehead atoms. The van der Waals surface area contributed by atoms with Crippen LogP contribution in [-0.2, 0) is 6.54 Å². The Hall–Kier alpha value is -1.26. The van der Waals surface area contributed by atoms with Crippen molar-refractivity contribution in [1.29, 1.82) is 0 Å². The van der Waals surface area contributed by atoms with Crippen molar-refractivity contribution in [3.63, 3.8) is 0 Å². The summed E-state index contributed by atoms with van der Waals surface area (Å²) in [6, 6.07) is 10.4. The number of nitrogens with one attached hydrogen (secondary N) is 1. The van der Waals surface area contributed by atoms with E-state index in [1.807, 2.05) is 6.07 Å². The Kier molecular flexibility index (Phi) is 4.39. The van der Waals surface area contributed by atoms with Crippen molar-refractivity contribution in [3.8, 4) is 11.8 Å². The maximum absolute atomic E-state index is 3.30. The van der Waals surface area contributed by atoms with Crippen molar-refractivity contribution in [2.45, 2.75) is 27.3 Å². The van der Waals surface area contributed by atoms with Crippen LogP contribution in [0, 0.1) is 17.3 Å². The molecule has 0 aromatic heterocycles. The van der Waals surface area contributed by atoms with Crippen LogP contribution in [0.1, 0.15) is 26.3 Å². The van der Waals surface area contributed by atoms with Crippen LogP contribution in [-0.4, -0.2) is 6.54 Å². The highest BCUT2D eigenvalue weighted by molar-refractivity contribution is 5.15. The summed E-state index contributed by atoms with van der Waals surface area (Å²) in [5.41, 5.74) is 1.41. The van der Waals surface area contributed by atoms with Crippen molar-refractivity contribution in [1.82, 2.24) is 5.32 Å². The average Bonchev–Trinajstić information content (AvgIpc) is 2.17. The summed E-state index contributed by atoms with van der Waals surface area (Å²) < 4.78 is 0. The molecular weight excluding hydrogens is 182 g/mol. The van der Waals surface area contributed by atoms with E-state index in [0.717, 1.165) is 13.1 Å². The van der Waals surface area contributed by atoms with Gasteiger partial charge in [-0.15, -0.1) is 0 Å². The smallest absolute Gasteiger partial charge is 0.0579 e. The molecule has 0 atom stereocenters. The van der Waals surface area contributed by atoms with E-state index in [1.165, 1.54) is 5.56 Å². The van der Waals surface area contributed by atoms with Crippen molar-refractivity contribution < 1.29 is 0 Å². The summed E-state index contributed by atoms with van der Waals surface area (Å²) >= 11 is 0. The van der Waals surface area contributed by atoms with Crippen LogP contribution >= 0.6 is 0 Å². The van der Waals surface area contributed by atoms with Gasteiger partial charge in [-0.1, -0.05) is 42.2 Å². The van der Waals surface area contributed by atoms with Crippen LogP contribution in [0.3, 0.4) is 0 Å². The third kappa shape index (κ3) is 5.93. The Morgan fingerprint density at radius 2 is 1.80 bits per heavy atom. The zero-order valence-electron chi connectivity index (χ0n) is 9.80. The van der Waals surface area contributed by atoms with Gasteiger partial charge in [0.05, 0.1) is 6.54 Å². The van der Waals surface area contributed by atoms with Gasteiger partial charge in [0.25, 0.3) is 0 Å². The predicted molar refractivity (Wildman–Crippen MR) is 65.4 cm³/mol. The molecule has 0 aliphatic carbocycles. The zero-order valence-corrected chi connectivity index (χ0v) is 9.80. The molecule has 1 N–H and O–H groups in total.